The Labute approximate surface area is 100 Å². The lowest BCUT2D eigenvalue weighted by atomic mass is 10.4. The third-order valence-corrected chi connectivity index (χ3v) is 2.20. The van der Waals surface area contributed by atoms with E-state index >= 15 is 0 Å². The van der Waals surface area contributed by atoms with E-state index < -0.39 is 4.92 Å². The molecule has 2 aromatic rings. The number of anilines is 2. The molecule has 0 amide bonds. The summed E-state index contributed by atoms with van der Waals surface area (Å²) in [4.78, 5) is 17.5. The summed E-state index contributed by atoms with van der Waals surface area (Å²) in [5.41, 5.74) is -0.375. The van der Waals surface area contributed by atoms with Gasteiger partial charge >= 0.3 is 5.69 Å². The molecule has 2 heterocycles. The Kier molecular flexibility index (Phi) is 2.88. The molecule has 0 spiro atoms. The molecule has 2 aromatic heterocycles. The number of nitro groups is 1. The van der Waals surface area contributed by atoms with Crippen LogP contribution in [0.3, 0.4) is 0 Å². The van der Waals surface area contributed by atoms with Gasteiger partial charge < -0.3 is 5.32 Å². The van der Waals surface area contributed by atoms with Gasteiger partial charge in [-0.25, -0.2) is 9.97 Å². The van der Waals surface area contributed by atoms with E-state index in [0.29, 0.717) is 5.82 Å². The molecule has 0 aliphatic carbocycles. The zero-order valence-corrected chi connectivity index (χ0v) is 9.42. The molecular weight excluding hydrogens is 248 g/mol. The summed E-state index contributed by atoms with van der Waals surface area (Å²) in [6.07, 6.45) is 2.83. The maximum absolute atomic E-state index is 10.8. The molecule has 8 nitrogen and oxygen atoms in total. The van der Waals surface area contributed by atoms with Gasteiger partial charge in [0, 0.05) is 19.3 Å². The summed E-state index contributed by atoms with van der Waals surface area (Å²) in [5.74, 6) is 0.444. The SMILES string of the molecule is Cn1ccc(Nc2ncnc(Cl)c2[N+](=O)[O-])n1. The highest BCUT2D eigenvalue weighted by Gasteiger charge is 2.21. The highest BCUT2D eigenvalue weighted by Crippen LogP contribution is 2.29. The molecule has 0 radical (unpaired) electrons. The van der Waals surface area contributed by atoms with Crippen molar-refractivity contribution in [1.29, 1.82) is 0 Å². The Bertz CT molecular complexity index is 569. The van der Waals surface area contributed by atoms with Crippen molar-refractivity contribution >= 4 is 28.9 Å². The largest absolute Gasteiger partial charge is 0.348 e. The lowest BCUT2D eigenvalue weighted by molar-refractivity contribution is -0.384. The molecule has 0 atom stereocenters. The second-order valence-electron chi connectivity index (χ2n) is 3.12. The van der Waals surface area contributed by atoms with Crippen LogP contribution in [0.5, 0.6) is 0 Å². The lowest BCUT2D eigenvalue weighted by Gasteiger charge is -2.02. The van der Waals surface area contributed by atoms with Crippen LogP contribution >= 0.6 is 11.6 Å². The minimum atomic E-state index is -0.645. The summed E-state index contributed by atoms with van der Waals surface area (Å²) in [6, 6.07) is 1.65. The first-order valence-corrected chi connectivity index (χ1v) is 4.87. The van der Waals surface area contributed by atoms with Crippen molar-refractivity contribution in [3.63, 3.8) is 0 Å². The van der Waals surface area contributed by atoms with Gasteiger partial charge in [-0.3, -0.25) is 14.8 Å². The zero-order chi connectivity index (χ0) is 12.4. The number of aromatic nitrogens is 4. The van der Waals surface area contributed by atoms with Gasteiger partial charge in [-0.1, -0.05) is 11.6 Å². The van der Waals surface area contributed by atoms with E-state index in [-0.39, 0.29) is 16.7 Å². The Morgan fingerprint density at radius 3 is 2.88 bits per heavy atom. The van der Waals surface area contributed by atoms with Gasteiger partial charge in [-0.2, -0.15) is 5.10 Å². The second-order valence-corrected chi connectivity index (χ2v) is 3.48. The summed E-state index contributed by atoms with van der Waals surface area (Å²) >= 11 is 5.64. The molecule has 0 saturated carbocycles. The van der Waals surface area contributed by atoms with Crippen molar-refractivity contribution in [3.8, 4) is 0 Å². The van der Waals surface area contributed by atoms with Gasteiger partial charge in [0.15, 0.2) is 5.82 Å². The Morgan fingerprint density at radius 1 is 1.53 bits per heavy atom. The van der Waals surface area contributed by atoms with Crippen LogP contribution in [0.25, 0.3) is 0 Å². The molecule has 88 valence electrons. The molecule has 2 rings (SSSR count). The number of hydrogen-bond donors (Lipinski definition) is 1. The van der Waals surface area contributed by atoms with E-state index in [0.717, 1.165) is 6.33 Å². The number of hydrogen-bond acceptors (Lipinski definition) is 6. The normalized spacial score (nSPS) is 10.2. The van der Waals surface area contributed by atoms with Gasteiger partial charge in [-0.15, -0.1) is 0 Å². The molecule has 0 aliphatic rings. The van der Waals surface area contributed by atoms with Crippen LogP contribution in [0.4, 0.5) is 17.3 Å². The molecule has 9 heteroatoms. The number of aryl methyl sites for hydroxylation is 1. The van der Waals surface area contributed by atoms with Gasteiger partial charge in [-0.05, 0) is 0 Å². The minimum Gasteiger partial charge on any atom is -0.318 e. The first-order valence-electron chi connectivity index (χ1n) is 4.49. The predicted molar refractivity (Wildman–Crippen MR) is 60.2 cm³/mol. The molecule has 0 saturated heterocycles. The molecule has 1 N–H and O–H groups in total. The minimum absolute atomic E-state index is 0.00806. The average molecular weight is 255 g/mol. The monoisotopic (exact) mass is 254 g/mol. The van der Waals surface area contributed by atoms with Crippen molar-refractivity contribution < 1.29 is 4.92 Å². The van der Waals surface area contributed by atoms with Crippen molar-refractivity contribution in [3.05, 3.63) is 33.9 Å². The van der Waals surface area contributed by atoms with E-state index in [4.69, 9.17) is 11.6 Å². The van der Waals surface area contributed by atoms with Gasteiger partial charge in [0.2, 0.25) is 11.0 Å². The molecule has 0 bridgehead atoms. The summed E-state index contributed by atoms with van der Waals surface area (Å²) in [6.45, 7) is 0. The van der Waals surface area contributed by atoms with Crippen molar-refractivity contribution in [1.82, 2.24) is 19.7 Å². The van der Waals surface area contributed by atoms with Crippen LogP contribution in [-0.4, -0.2) is 24.7 Å². The summed E-state index contributed by atoms with van der Waals surface area (Å²) in [5, 5.41) is 17.3. The third-order valence-electron chi connectivity index (χ3n) is 1.92. The van der Waals surface area contributed by atoms with Crippen LogP contribution in [0.2, 0.25) is 5.15 Å². The molecule has 0 aliphatic heterocycles. The Morgan fingerprint density at radius 2 is 2.29 bits per heavy atom. The van der Waals surface area contributed by atoms with E-state index in [1.807, 2.05) is 0 Å². The summed E-state index contributed by atoms with van der Waals surface area (Å²) < 4.78 is 1.55. The van der Waals surface area contributed by atoms with Crippen LogP contribution in [0, 0.1) is 10.1 Å². The fourth-order valence-corrected chi connectivity index (χ4v) is 1.42. The first kappa shape index (κ1) is 11.3. The summed E-state index contributed by atoms with van der Waals surface area (Å²) in [7, 11) is 1.73. The number of halogens is 1. The number of nitrogens with one attached hydrogen (secondary N) is 1. The molecule has 0 aromatic carbocycles. The van der Waals surface area contributed by atoms with Gasteiger partial charge in [0.25, 0.3) is 0 Å². The van der Waals surface area contributed by atoms with E-state index in [9.17, 15) is 10.1 Å². The van der Waals surface area contributed by atoms with Crippen molar-refractivity contribution in [2.75, 3.05) is 5.32 Å². The Hall–Kier alpha value is -2.22. The molecular formula is C8H7ClN6O2. The van der Waals surface area contributed by atoms with Crippen LogP contribution in [-0.2, 0) is 7.05 Å². The fraction of sp³-hybridized carbons (Fsp3) is 0.125. The zero-order valence-electron chi connectivity index (χ0n) is 8.66. The standard InChI is InChI=1S/C8H7ClN6O2/c1-14-3-2-5(13-14)12-8-6(15(16)17)7(9)10-4-11-8/h2-4H,1H3,(H,10,11,12,13). The van der Waals surface area contributed by atoms with Crippen molar-refractivity contribution in [2.45, 2.75) is 0 Å². The quantitative estimate of drug-likeness (QED) is 0.506. The van der Waals surface area contributed by atoms with E-state index in [1.165, 1.54) is 0 Å². The molecule has 0 fully saturated rings. The van der Waals surface area contributed by atoms with Crippen LogP contribution in [0.15, 0.2) is 18.6 Å². The number of rotatable bonds is 3. The van der Waals surface area contributed by atoms with Crippen LogP contribution < -0.4 is 5.32 Å². The topological polar surface area (TPSA) is 98.8 Å². The fourth-order valence-electron chi connectivity index (χ4n) is 1.21. The predicted octanol–water partition coefficient (Wildman–Crippen LogP) is 1.52. The second kappa shape index (κ2) is 4.34. The van der Waals surface area contributed by atoms with Crippen LogP contribution in [0.1, 0.15) is 0 Å². The van der Waals surface area contributed by atoms with E-state index in [2.05, 4.69) is 20.4 Å². The number of nitrogens with zero attached hydrogens (tertiary/aromatic N) is 5. The highest BCUT2D eigenvalue weighted by molar-refractivity contribution is 6.31. The maximum Gasteiger partial charge on any atom is 0.348 e. The molecule has 0 unspecified atom stereocenters. The average Bonchev–Trinajstić information content (AvgIpc) is 2.63. The van der Waals surface area contributed by atoms with E-state index in [1.54, 1.807) is 24.0 Å². The maximum atomic E-state index is 10.8. The highest BCUT2D eigenvalue weighted by atomic mass is 35.5. The third kappa shape index (κ3) is 2.31. The lowest BCUT2D eigenvalue weighted by Crippen LogP contribution is -2.02. The Balaban J connectivity index is 2.39. The smallest absolute Gasteiger partial charge is 0.318 e. The molecule has 17 heavy (non-hydrogen) atoms. The van der Waals surface area contributed by atoms with Crippen molar-refractivity contribution in [2.24, 2.45) is 7.05 Å². The van der Waals surface area contributed by atoms with Gasteiger partial charge in [0.05, 0.1) is 4.92 Å². The van der Waals surface area contributed by atoms with Gasteiger partial charge in [0.1, 0.15) is 6.33 Å². The first-order chi connectivity index (χ1) is 8.08.